The van der Waals surface area contributed by atoms with Crippen LogP contribution in [-0.4, -0.2) is 23.5 Å². The van der Waals surface area contributed by atoms with E-state index in [0.717, 1.165) is 5.56 Å². The Labute approximate surface area is 165 Å². The van der Waals surface area contributed by atoms with E-state index in [2.05, 4.69) is 16.2 Å². The third kappa shape index (κ3) is 6.51. The van der Waals surface area contributed by atoms with Gasteiger partial charge in [0.25, 0.3) is 11.8 Å². The number of carbonyl (C=O) groups excluding carboxylic acids is 2. The number of nitrogens with one attached hydrogen (secondary N) is 3. The summed E-state index contributed by atoms with van der Waals surface area (Å²) in [5.41, 5.74) is 6.00. The molecule has 0 aliphatic rings. The molecule has 2 amide bonds. The molecule has 0 bridgehead atoms. The Morgan fingerprint density at radius 2 is 1.77 bits per heavy atom. The Hall–Kier alpha value is -2.35. The number of hydrogen-bond donors (Lipinski definition) is 3. The van der Waals surface area contributed by atoms with Crippen LogP contribution >= 0.6 is 35.4 Å². The Balaban J connectivity index is 1.77. The van der Waals surface area contributed by atoms with Crippen LogP contribution in [0.3, 0.4) is 0 Å². The Kier molecular flexibility index (Phi) is 7.20. The second-order valence-corrected chi connectivity index (χ2v) is 6.50. The molecule has 0 aliphatic carbocycles. The molecule has 0 spiro atoms. The summed E-state index contributed by atoms with van der Waals surface area (Å²) in [6.07, 6.45) is 0. The fraction of sp³-hybridized carbons (Fsp3) is 0.118. The van der Waals surface area contributed by atoms with Crippen molar-refractivity contribution in [3.8, 4) is 5.75 Å². The molecule has 136 valence electrons. The van der Waals surface area contributed by atoms with Crippen molar-refractivity contribution >= 4 is 52.3 Å². The molecular weight excluding hydrogens is 397 g/mol. The minimum absolute atomic E-state index is 0.0880. The van der Waals surface area contributed by atoms with Crippen LogP contribution < -0.4 is 20.9 Å². The summed E-state index contributed by atoms with van der Waals surface area (Å²) in [6, 6.07) is 11.7. The van der Waals surface area contributed by atoms with Gasteiger partial charge in [-0.15, -0.1) is 0 Å². The second-order valence-electron chi connectivity index (χ2n) is 5.22. The molecule has 9 heteroatoms. The Morgan fingerprint density at radius 3 is 2.42 bits per heavy atom. The highest BCUT2D eigenvalue weighted by Crippen LogP contribution is 2.18. The van der Waals surface area contributed by atoms with E-state index in [4.69, 9.17) is 40.2 Å². The van der Waals surface area contributed by atoms with Crippen molar-refractivity contribution in [3.05, 3.63) is 63.6 Å². The van der Waals surface area contributed by atoms with Crippen molar-refractivity contribution < 1.29 is 14.3 Å². The third-order valence-electron chi connectivity index (χ3n) is 3.03. The predicted octanol–water partition coefficient (Wildman–Crippen LogP) is 3.02. The summed E-state index contributed by atoms with van der Waals surface area (Å²) in [5.74, 6) is -0.403. The maximum absolute atomic E-state index is 12.1. The minimum atomic E-state index is -0.517. The van der Waals surface area contributed by atoms with Crippen LogP contribution in [0.2, 0.25) is 10.0 Å². The van der Waals surface area contributed by atoms with E-state index in [1.807, 2.05) is 25.1 Å². The molecule has 0 heterocycles. The Bertz CT molecular complexity index is 826. The van der Waals surface area contributed by atoms with Crippen LogP contribution in [0.1, 0.15) is 15.9 Å². The Morgan fingerprint density at radius 1 is 1.08 bits per heavy atom. The number of halogens is 2. The van der Waals surface area contributed by atoms with Gasteiger partial charge in [0.05, 0.1) is 0 Å². The normalized spacial score (nSPS) is 9.96. The zero-order valence-corrected chi connectivity index (χ0v) is 16.0. The average Bonchev–Trinajstić information content (AvgIpc) is 2.57. The maximum atomic E-state index is 12.1. The van der Waals surface area contributed by atoms with Crippen molar-refractivity contribution in [1.82, 2.24) is 16.2 Å². The topological polar surface area (TPSA) is 79.5 Å². The zero-order chi connectivity index (χ0) is 19.1. The van der Waals surface area contributed by atoms with Gasteiger partial charge in [0.2, 0.25) is 0 Å². The minimum Gasteiger partial charge on any atom is -0.484 e. The molecule has 0 saturated carbocycles. The highest BCUT2D eigenvalue weighted by molar-refractivity contribution is 7.80. The standard InChI is InChI=1S/C17H15Cl2N3O3S/c1-10-3-2-4-14(5-10)25-9-15(23)21-22-17(26)20-16(24)11-6-12(18)8-13(19)7-11/h2-8H,9H2,1H3,(H,21,23)(H2,20,22,24,26). The van der Waals surface area contributed by atoms with Gasteiger partial charge in [0.15, 0.2) is 11.7 Å². The van der Waals surface area contributed by atoms with Gasteiger partial charge in [-0.2, -0.15) is 0 Å². The first-order valence-electron chi connectivity index (χ1n) is 7.39. The van der Waals surface area contributed by atoms with Crippen molar-refractivity contribution in [2.75, 3.05) is 6.61 Å². The highest BCUT2D eigenvalue weighted by Gasteiger charge is 2.10. The number of benzene rings is 2. The third-order valence-corrected chi connectivity index (χ3v) is 3.67. The van der Waals surface area contributed by atoms with E-state index in [1.54, 1.807) is 6.07 Å². The monoisotopic (exact) mass is 411 g/mol. The van der Waals surface area contributed by atoms with Crippen LogP contribution in [-0.2, 0) is 4.79 Å². The summed E-state index contributed by atoms with van der Waals surface area (Å²) >= 11 is 16.6. The molecule has 6 nitrogen and oxygen atoms in total. The van der Waals surface area contributed by atoms with E-state index in [-0.39, 0.29) is 17.3 Å². The van der Waals surface area contributed by atoms with Crippen molar-refractivity contribution in [2.24, 2.45) is 0 Å². The quantitative estimate of drug-likeness (QED) is 0.532. The second kappa shape index (κ2) is 9.38. The van der Waals surface area contributed by atoms with Gasteiger partial charge in [0, 0.05) is 15.6 Å². The molecule has 26 heavy (non-hydrogen) atoms. The summed E-state index contributed by atoms with van der Waals surface area (Å²) < 4.78 is 5.35. The molecule has 0 saturated heterocycles. The lowest BCUT2D eigenvalue weighted by molar-refractivity contribution is -0.123. The molecule has 0 atom stereocenters. The molecule has 3 N–H and O–H groups in total. The molecule has 2 aromatic rings. The van der Waals surface area contributed by atoms with Crippen molar-refractivity contribution in [1.29, 1.82) is 0 Å². The number of carbonyl (C=O) groups is 2. The van der Waals surface area contributed by atoms with Gasteiger partial charge in [-0.1, -0.05) is 35.3 Å². The zero-order valence-electron chi connectivity index (χ0n) is 13.6. The maximum Gasteiger partial charge on any atom is 0.276 e. The first-order valence-corrected chi connectivity index (χ1v) is 8.55. The summed E-state index contributed by atoms with van der Waals surface area (Å²) in [7, 11) is 0. The lowest BCUT2D eigenvalue weighted by Gasteiger charge is -2.12. The largest absolute Gasteiger partial charge is 0.484 e. The van der Waals surface area contributed by atoms with Crippen LogP contribution in [0.15, 0.2) is 42.5 Å². The molecule has 0 unspecified atom stereocenters. The molecule has 2 aromatic carbocycles. The van der Waals surface area contributed by atoms with E-state index in [1.165, 1.54) is 18.2 Å². The SMILES string of the molecule is Cc1cccc(OCC(=O)NNC(=S)NC(=O)c2cc(Cl)cc(Cl)c2)c1. The van der Waals surface area contributed by atoms with Gasteiger partial charge in [-0.25, -0.2) is 0 Å². The van der Waals surface area contributed by atoms with Gasteiger partial charge in [-0.3, -0.25) is 25.8 Å². The molecule has 0 aromatic heterocycles. The number of aryl methyl sites for hydroxylation is 1. The molecule has 0 fully saturated rings. The van der Waals surface area contributed by atoms with E-state index >= 15 is 0 Å². The van der Waals surface area contributed by atoms with E-state index in [9.17, 15) is 9.59 Å². The molecule has 0 aliphatic heterocycles. The van der Waals surface area contributed by atoms with E-state index in [0.29, 0.717) is 15.8 Å². The number of hydrazine groups is 1. The van der Waals surface area contributed by atoms with Gasteiger partial charge in [-0.05, 0) is 55.0 Å². The van der Waals surface area contributed by atoms with Gasteiger partial charge in [0.1, 0.15) is 5.75 Å². The number of thiocarbonyl (C=S) groups is 1. The lowest BCUT2D eigenvalue weighted by Crippen LogP contribution is -2.49. The van der Waals surface area contributed by atoms with Crippen LogP contribution in [0.25, 0.3) is 0 Å². The van der Waals surface area contributed by atoms with Crippen LogP contribution in [0, 0.1) is 6.92 Å². The fourth-order valence-electron chi connectivity index (χ4n) is 1.91. The summed E-state index contributed by atoms with van der Waals surface area (Å²) in [4.78, 5) is 23.8. The summed E-state index contributed by atoms with van der Waals surface area (Å²) in [6.45, 7) is 1.71. The first-order chi connectivity index (χ1) is 12.3. The van der Waals surface area contributed by atoms with Crippen LogP contribution in [0.5, 0.6) is 5.75 Å². The number of rotatable bonds is 4. The smallest absolute Gasteiger partial charge is 0.276 e. The predicted molar refractivity (Wildman–Crippen MR) is 104 cm³/mol. The fourth-order valence-corrected chi connectivity index (χ4v) is 2.58. The summed E-state index contributed by atoms with van der Waals surface area (Å²) in [5, 5.41) is 2.95. The molecule has 0 radical (unpaired) electrons. The van der Waals surface area contributed by atoms with Gasteiger partial charge < -0.3 is 4.74 Å². The van der Waals surface area contributed by atoms with Crippen molar-refractivity contribution in [3.63, 3.8) is 0 Å². The number of amides is 2. The molecular formula is C17H15Cl2N3O3S. The highest BCUT2D eigenvalue weighted by atomic mass is 35.5. The molecule has 2 rings (SSSR count). The number of ether oxygens (including phenoxy) is 1. The number of hydrogen-bond acceptors (Lipinski definition) is 4. The van der Waals surface area contributed by atoms with Crippen molar-refractivity contribution in [2.45, 2.75) is 6.92 Å². The lowest BCUT2D eigenvalue weighted by atomic mass is 10.2. The van der Waals surface area contributed by atoms with Crippen LogP contribution in [0.4, 0.5) is 0 Å². The van der Waals surface area contributed by atoms with E-state index < -0.39 is 11.8 Å². The average molecular weight is 412 g/mol. The first kappa shape index (κ1) is 20.0. The van der Waals surface area contributed by atoms with Gasteiger partial charge >= 0.3 is 0 Å².